The molecule has 140 valence electrons. The fourth-order valence-corrected chi connectivity index (χ4v) is 2.97. The van der Waals surface area contributed by atoms with Crippen LogP contribution in [0.1, 0.15) is 5.56 Å². The van der Waals surface area contributed by atoms with E-state index in [1.807, 2.05) is 0 Å². The van der Waals surface area contributed by atoms with Gasteiger partial charge in [-0.25, -0.2) is 0 Å². The first-order valence-electron chi connectivity index (χ1n) is 7.92. The lowest BCUT2D eigenvalue weighted by Gasteiger charge is -2.35. The van der Waals surface area contributed by atoms with Gasteiger partial charge in [-0.05, 0) is 18.2 Å². The first kappa shape index (κ1) is 19.8. The number of nitrogens with zero attached hydrogens (tertiary/aromatic N) is 1. The van der Waals surface area contributed by atoms with Gasteiger partial charge < -0.3 is 15.4 Å². The topological polar surface area (TPSA) is 53.6 Å². The summed E-state index contributed by atoms with van der Waals surface area (Å²) < 4.78 is 45.1. The molecule has 0 spiro atoms. The molecule has 0 saturated carbocycles. The standard InChI is InChI=1S/C16H21ClF3N3O2/c1-25-13-3-2-12(17)8-11(13)9-15(24)22-10-14(16(18,19)20)23-6-4-21-5-7-23/h2-3,8,14,21H,4-7,9-10H2,1H3,(H,22,24). The maximum Gasteiger partial charge on any atom is 0.405 e. The Morgan fingerprint density at radius 2 is 2.08 bits per heavy atom. The number of methoxy groups -OCH3 is 1. The van der Waals surface area contributed by atoms with Gasteiger partial charge >= 0.3 is 6.18 Å². The van der Waals surface area contributed by atoms with Gasteiger partial charge in [-0.2, -0.15) is 13.2 Å². The minimum Gasteiger partial charge on any atom is -0.496 e. The number of rotatable bonds is 6. The zero-order chi connectivity index (χ0) is 18.4. The quantitative estimate of drug-likeness (QED) is 0.792. The van der Waals surface area contributed by atoms with Crippen molar-refractivity contribution in [2.24, 2.45) is 0 Å². The molecule has 2 N–H and O–H groups in total. The van der Waals surface area contributed by atoms with Crippen LogP contribution in [0.5, 0.6) is 5.75 Å². The zero-order valence-electron chi connectivity index (χ0n) is 13.8. The average Bonchev–Trinajstić information content (AvgIpc) is 2.55. The van der Waals surface area contributed by atoms with Crippen LogP contribution in [0, 0.1) is 0 Å². The Morgan fingerprint density at radius 1 is 1.40 bits per heavy atom. The van der Waals surface area contributed by atoms with Gasteiger partial charge in [0.2, 0.25) is 5.91 Å². The highest BCUT2D eigenvalue weighted by Crippen LogP contribution is 2.25. The zero-order valence-corrected chi connectivity index (χ0v) is 14.6. The van der Waals surface area contributed by atoms with Gasteiger partial charge in [0.15, 0.2) is 0 Å². The molecule has 5 nitrogen and oxygen atoms in total. The molecule has 1 heterocycles. The van der Waals surface area contributed by atoms with Crippen LogP contribution in [0.3, 0.4) is 0 Å². The highest BCUT2D eigenvalue weighted by Gasteiger charge is 2.43. The van der Waals surface area contributed by atoms with Crippen molar-refractivity contribution in [3.63, 3.8) is 0 Å². The average molecular weight is 380 g/mol. The molecule has 1 aromatic carbocycles. The molecular weight excluding hydrogens is 359 g/mol. The summed E-state index contributed by atoms with van der Waals surface area (Å²) >= 11 is 5.90. The van der Waals surface area contributed by atoms with Gasteiger partial charge in [-0.1, -0.05) is 11.6 Å². The van der Waals surface area contributed by atoms with Crippen LogP contribution >= 0.6 is 11.6 Å². The molecule has 1 aromatic rings. The maximum absolute atomic E-state index is 13.3. The van der Waals surface area contributed by atoms with Crippen molar-refractivity contribution in [2.75, 3.05) is 39.8 Å². The summed E-state index contributed by atoms with van der Waals surface area (Å²) in [6.45, 7) is 1.11. The molecule has 0 aromatic heterocycles. The number of ether oxygens (including phenoxy) is 1. The van der Waals surface area contributed by atoms with E-state index in [4.69, 9.17) is 16.3 Å². The van der Waals surface area contributed by atoms with Crippen LogP contribution in [-0.2, 0) is 11.2 Å². The second-order valence-corrected chi connectivity index (χ2v) is 6.22. The number of amides is 1. The molecule has 2 rings (SSSR count). The normalized spacial score (nSPS) is 17.2. The molecule has 25 heavy (non-hydrogen) atoms. The van der Waals surface area contributed by atoms with Crippen molar-refractivity contribution in [3.8, 4) is 5.75 Å². The molecule has 1 saturated heterocycles. The van der Waals surface area contributed by atoms with Crippen LogP contribution in [-0.4, -0.2) is 62.9 Å². The maximum atomic E-state index is 13.3. The highest BCUT2D eigenvalue weighted by atomic mass is 35.5. The van der Waals surface area contributed by atoms with Crippen molar-refractivity contribution in [2.45, 2.75) is 18.6 Å². The Labute approximate surface area is 149 Å². The number of carbonyl (C=O) groups excluding carboxylic acids is 1. The van der Waals surface area contributed by atoms with Crippen LogP contribution < -0.4 is 15.4 Å². The van der Waals surface area contributed by atoms with Gasteiger partial charge in [-0.15, -0.1) is 0 Å². The molecule has 1 aliphatic rings. The summed E-state index contributed by atoms with van der Waals surface area (Å²) in [6.07, 6.45) is -4.51. The minimum atomic E-state index is -4.40. The van der Waals surface area contributed by atoms with Crippen LogP contribution in [0.15, 0.2) is 18.2 Å². The van der Waals surface area contributed by atoms with Gasteiger partial charge in [0, 0.05) is 43.3 Å². The van der Waals surface area contributed by atoms with Gasteiger partial charge in [0.1, 0.15) is 11.8 Å². The van der Waals surface area contributed by atoms with E-state index in [0.717, 1.165) is 0 Å². The molecule has 0 bridgehead atoms. The largest absolute Gasteiger partial charge is 0.496 e. The predicted molar refractivity (Wildman–Crippen MR) is 89.0 cm³/mol. The molecule has 1 fully saturated rings. The van der Waals surface area contributed by atoms with Crippen LogP contribution in [0.2, 0.25) is 5.02 Å². The lowest BCUT2D eigenvalue weighted by Crippen LogP contribution is -2.57. The molecule has 1 unspecified atom stereocenters. The van der Waals surface area contributed by atoms with E-state index in [-0.39, 0.29) is 6.42 Å². The SMILES string of the molecule is COc1ccc(Cl)cc1CC(=O)NCC(N1CCNCC1)C(F)(F)F. The van der Waals surface area contributed by atoms with E-state index in [2.05, 4.69) is 10.6 Å². The number of piperazine rings is 1. The number of hydrogen-bond donors (Lipinski definition) is 2. The Balaban J connectivity index is 1.98. The number of halogens is 4. The van der Waals surface area contributed by atoms with Crippen molar-refractivity contribution in [3.05, 3.63) is 28.8 Å². The minimum absolute atomic E-state index is 0.101. The second-order valence-electron chi connectivity index (χ2n) is 5.78. The number of hydrogen-bond acceptors (Lipinski definition) is 4. The molecule has 1 atom stereocenters. The summed E-state index contributed by atoms with van der Waals surface area (Å²) in [4.78, 5) is 13.4. The third kappa shape index (κ3) is 5.76. The summed E-state index contributed by atoms with van der Waals surface area (Å²) in [5.74, 6) is -0.0426. The summed E-state index contributed by atoms with van der Waals surface area (Å²) in [7, 11) is 1.45. The Kier molecular flexibility index (Phi) is 6.92. The van der Waals surface area contributed by atoms with Crippen LogP contribution in [0.4, 0.5) is 13.2 Å². The molecule has 1 aliphatic heterocycles. The fourth-order valence-electron chi connectivity index (χ4n) is 2.78. The van der Waals surface area contributed by atoms with E-state index in [1.165, 1.54) is 12.0 Å². The molecule has 1 amide bonds. The second kappa shape index (κ2) is 8.73. The number of alkyl halides is 3. The number of benzene rings is 1. The van der Waals surface area contributed by atoms with Gasteiger partial charge in [0.05, 0.1) is 13.5 Å². The van der Waals surface area contributed by atoms with E-state index in [0.29, 0.717) is 42.5 Å². The molecule has 0 radical (unpaired) electrons. The lowest BCUT2D eigenvalue weighted by atomic mass is 10.1. The highest BCUT2D eigenvalue weighted by molar-refractivity contribution is 6.30. The van der Waals surface area contributed by atoms with Crippen molar-refractivity contribution in [1.82, 2.24) is 15.5 Å². The Morgan fingerprint density at radius 3 is 2.68 bits per heavy atom. The van der Waals surface area contributed by atoms with Gasteiger partial charge in [0.25, 0.3) is 0 Å². The summed E-state index contributed by atoms with van der Waals surface area (Å²) in [5.41, 5.74) is 0.526. The van der Waals surface area contributed by atoms with E-state index in [1.54, 1.807) is 18.2 Å². The number of carbonyl (C=O) groups is 1. The Hall–Kier alpha value is -1.51. The summed E-state index contributed by atoms with van der Waals surface area (Å²) in [5, 5.41) is 5.83. The summed E-state index contributed by atoms with van der Waals surface area (Å²) in [6, 6.07) is 3.10. The van der Waals surface area contributed by atoms with Gasteiger partial charge in [-0.3, -0.25) is 9.69 Å². The molecule has 0 aliphatic carbocycles. The van der Waals surface area contributed by atoms with E-state index in [9.17, 15) is 18.0 Å². The number of nitrogens with one attached hydrogen (secondary N) is 2. The third-order valence-corrected chi connectivity index (χ3v) is 4.29. The first-order valence-corrected chi connectivity index (χ1v) is 8.29. The molecular formula is C16H21ClF3N3O2. The van der Waals surface area contributed by atoms with E-state index < -0.39 is 24.7 Å². The van der Waals surface area contributed by atoms with Crippen molar-refractivity contribution in [1.29, 1.82) is 0 Å². The monoisotopic (exact) mass is 379 g/mol. The third-order valence-electron chi connectivity index (χ3n) is 4.06. The van der Waals surface area contributed by atoms with Crippen LogP contribution in [0.25, 0.3) is 0 Å². The van der Waals surface area contributed by atoms with E-state index >= 15 is 0 Å². The van der Waals surface area contributed by atoms with Crippen molar-refractivity contribution >= 4 is 17.5 Å². The Bertz CT molecular complexity index is 592. The first-order chi connectivity index (χ1) is 11.8. The smallest absolute Gasteiger partial charge is 0.405 e. The predicted octanol–water partition coefficient (Wildman–Crippen LogP) is 1.84. The molecule has 9 heteroatoms. The lowest BCUT2D eigenvalue weighted by molar-refractivity contribution is -0.184. The fraction of sp³-hybridized carbons (Fsp3) is 0.562. The van der Waals surface area contributed by atoms with Crippen molar-refractivity contribution < 1.29 is 22.7 Å².